The Morgan fingerprint density at radius 1 is 0.958 bits per heavy atom. The highest BCUT2D eigenvalue weighted by Gasteiger charge is 2.15. The maximum absolute atomic E-state index is 12.0. The summed E-state index contributed by atoms with van der Waals surface area (Å²) < 4.78 is 5.07. The van der Waals surface area contributed by atoms with Gasteiger partial charge >= 0.3 is 6.09 Å². The summed E-state index contributed by atoms with van der Waals surface area (Å²) in [7, 11) is 0. The molecule has 0 saturated heterocycles. The fraction of sp³-hybridized carbons (Fsp3) is 0.500. The van der Waals surface area contributed by atoms with Gasteiger partial charge in [-0.15, -0.1) is 0 Å². The van der Waals surface area contributed by atoms with Crippen molar-refractivity contribution in [3.05, 3.63) is 35.4 Å². The summed E-state index contributed by atoms with van der Waals surface area (Å²) in [5.41, 5.74) is 1.14. The molecule has 1 rings (SSSR count). The van der Waals surface area contributed by atoms with E-state index in [9.17, 15) is 14.4 Å². The van der Waals surface area contributed by atoms with E-state index in [-0.39, 0.29) is 37.6 Å². The van der Waals surface area contributed by atoms with E-state index in [1.807, 2.05) is 19.1 Å². The van der Waals surface area contributed by atoms with Crippen molar-refractivity contribution < 1.29 is 19.1 Å². The predicted molar refractivity (Wildman–Crippen MR) is 92.0 cm³/mol. The summed E-state index contributed by atoms with van der Waals surface area (Å²) in [6.45, 7) is 7.84. The first-order chi connectivity index (χ1) is 11.2. The second kappa shape index (κ2) is 9.05. The van der Waals surface area contributed by atoms with Crippen LogP contribution in [0, 0.1) is 6.92 Å². The van der Waals surface area contributed by atoms with E-state index in [1.54, 1.807) is 32.9 Å². The van der Waals surface area contributed by atoms with Gasteiger partial charge in [-0.05, 0) is 27.7 Å². The number of carbonyl (C=O) groups excluding carboxylic acids is 3. The van der Waals surface area contributed by atoms with Crippen LogP contribution in [0.15, 0.2) is 24.3 Å². The smallest absolute Gasteiger partial charge is 0.407 e. The number of benzene rings is 1. The number of aryl methyl sites for hydroxylation is 1. The van der Waals surface area contributed by atoms with Gasteiger partial charge in [0.25, 0.3) is 0 Å². The van der Waals surface area contributed by atoms with Crippen molar-refractivity contribution in [1.29, 1.82) is 0 Å². The molecule has 0 fully saturated rings. The fourth-order valence-corrected chi connectivity index (χ4v) is 1.88. The number of Topliss-reactive ketones (excluding diaryl/α,β-unsaturated/α-hetero) is 1. The van der Waals surface area contributed by atoms with Gasteiger partial charge in [0.2, 0.25) is 5.91 Å². The van der Waals surface area contributed by atoms with Crippen LogP contribution in [-0.2, 0) is 9.53 Å². The Morgan fingerprint density at radius 2 is 1.54 bits per heavy atom. The highest BCUT2D eigenvalue weighted by atomic mass is 16.6. The van der Waals surface area contributed by atoms with E-state index >= 15 is 0 Å². The third-order valence-corrected chi connectivity index (χ3v) is 3.07. The normalized spacial score (nSPS) is 10.8. The first-order valence-electron chi connectivity index (χ1n) is 8.01. The Balaban J connectivity index is 2.19. The second-order valence-corrected chi connectivity index (χ2v) is 6.57. The third kappa shape index (κ3) is 8.31. The van der Waals surface area contributed by atoms with Crippen molar-refractivity contribution in [2.75, 3.05) is 13.1 Å². The molecule has 24 heavy (non-hydrogen) atoms. The standard InChI is InChI=1S/C18H26N2O4/c1-13-5-7-14(8-6-13)15(21)9-10-16(22)19-11-12-20-17(23)24-18(2,3)4/h5-8H,9-12H2,1-4H3,(H,19,22)(H,20,23). The highest BCUT2D eigenvalue weighted by Crippen LogP contribution is 2.08. The monoisotopic (exact) mass is 334 g/mol. The quantitative estimate of drug-likeness (QED) is 0.593. The van der Waals surface area contributed by atoms with Gasteiger partial charge in [-0.2, -0.15) is 0 Å². The molecule has 1 aromatic rings. The summed E-state index contributed by atoms with van der Waals surface area (Å²) in [6.07, 6.45) is -0.237. The van der Waals surface area contributed by atoms with E-state index in [2.05, 4.69) is 10.6 Å². The number of ether oxygens (including phenoxy) is 1. The van der Waals surface area contributed by atoms with E-state index in [0.29, 0.717) is 5.56 Å². The maximum atomic E-state index is 12.0. The first kappa shape index (κ1) is 19.7. The summed E-state index contributed by atoms with van der Waals surface area (Å²) in [5.74, 6) is -0.279. The van der Waals surface area contributed by atoms with Gasteiger partial charge in [-0.1, -0.05) is 29.8 Å². The van der Waals surface area contributed by atoms with Crippen molar-refractivity contribution >= 4 is 17.8 Å². The second-order valence-electron chi connectivity index (χ2n) is 6.57. The molecule has 6 nitrogen and oxygen atoms in total. The average molecular weight is 334 g/mol. The van der Waals surface area contributed by atoms with Gasteiger partial charge in [0.1, 0.15) is 5.60 Å². The molecule has 0 heterocycles. The van der Waals surface area contributed by atoms with Gasteiger partial charge in [0, 0.05) is 31.5 Å². The van der Waals surface area contributed by atoms with Crippen molar-refractivity contribution in [1.82, 2.24) is 10.6 Å². The van der Waals surface area contributed by atoms with Crippen molar-refractivity contribution in [3.8, 4) is 0 Å². The van der Waals surface area contributed by atoms with E-state index in [0.717, 1.165) is 5.56 Å². The van der Waals surface area contributed by atoms with Gasteiger partial charge in [-0.25, -0.2) is 4.79 Å². The molecule has 0 unspecified atom stereocenters. The lowest BCUT2D eigenvalue weighted by molar-refractivity contribution is -0.121. The topological polar surface area (TPSA) is 84.5 Å². The van der Waals surface area contributed by atoms with Gasteiger partial charge in [-0.3, -0.25) is 9.59 Å². The highest BCUT2D eigenvalue weighted by molar-refractivity contribution is 5.97. The van der Waals surface area contributed by atoms with Crippen LogP contribution < -0.4 is 10.6 Å². The molecule has 2 N–H and O–H groups in total. The molecule has 0 bridgehead atoms. The summed E-state index contributed by atoms with van der Waals surface area (Å²) in [5, 5.41) is 5.20. The van der Waals surface area contributed by atoms with Crippen LogP contribution in [0.2, 0.25) is 0 Å². The van der Waals surface area contributed by atoms with Gasteiger partial charge in [0.05, 0.1) is 0 Å². The van der Waals surface area contributed by atoms with Crippen LogP contribution in [0.4, 0.5) is 4.79 Å². The zero-order chi connectivity index (χ0) is 18.2. The fourth-order valence-electron chi connectivity index (χ4n) is 1.88. The number of alkyl carbamates (subject to hydrolysis) is 1. The van der Waals surface area contributed by atoms with Crippen LogP contribution in [0.25, 0.3) is 0 Å². The first-order valence-corrected chi connectivity index (χ1v) is 8.01. The summed E-state index contributed by atoms with van der Waals surface area (Å²) in [6, 6.07) is 7.27. The Labute approximate surface area is 143 Å². The van der Waals surface area contributed by atoms with Gasteiger partial charge in [0.15, 0.2) is 5.78 Å². The lowest BCUT2D eigenvalue weighted by Crippen LogP contribution is -2.37. The van der Waals surface area contributed by atoms with E-state index in [4.69, 9.17) is 4.74 Å². The van der Waals surface area contributed by atoms with Crippen molar-refractivity contribution in [2.45, 2.75) is 46.1 Å². The lowest BCUT2D eigenvalue weighted by Gasteiger charge is -2.19. The van der Waals surface area contributed by atoms with Crippen LogP contribution in [0.1, 0.15) is 49.5 Å². The Morgan fingerprint density at radius 3 is 2.12 bits per heavy atom. The Kier molecular flexibility index (Phi) is 7.42. The summed E-state index contributed by atoms with van der Waals surface area (Å²) in [4.78, 5) is 35.1. The van der Waals surface area contributed by atoms with Crippen molar-refractivity contribution in [2.24, 2.45) is 0 Å². The zero-order valence-corrected chi connectivity index (χ0v) is 14.8. The average Bonchev–Trinajstić information content (AvgIpc) is 2.48. The van der Waals surface area contributed by atoms with Crippen LogP contribution in [-0.4, -0.2) is 36.5 Å². The van der Waals surface area contributed by atoms with Crippen LogP contribution in [0.3, 0.4) is 0 Å². The van der Waals surface area contributed by atoms with Crippen LogP contribution in [0.5, 0.6) is 0 Å². The zero-order valence-electron chi connectivity index (χ0n) is 14.8. The number of nitrogens with one attached hydrogen (secondary N) is 2. The van der Waals surface area contributed by atoms with Crippen molar-refractivity contribution in [3.63, 3.8) is 0 Å². The molecule has 0 radical (unpaired) electrons. The lowest BCUT2D eigenvalue weighted by atomic mass is 10.1. The molecule has 0 spiro atoms. The third-order valence-electron chi connectivity index (χ3n) is 3.07. The number of hydrogen-bond acceptors (Lipinski definition) is 4. The number of rotatable bonds is 7. The largest absolute Gasteiger partial charge is 0.444 e. The minimum Gasteiger partial charge on any atom is -0.444 e. The molecule has 0 atom stereocenters. The predicted octanol–water partition coefficient (Wildman–Crippen LogP) is 2.60. The SMILES string of the molecule is Cc1ccc(C(=O)CCC(=O)NCCNC(=O)OC(C)(C)C)cc1. The summed E-state index contributed by atoms with van der Waals surface area (Å²) >= 11 is 0. The molecular weight excluding hydrogens is 308 g/mol. The number of ketones is 1. The molecule has 0 aliphatic carbocycles. The molecule has 0 saturated carbocycles. The Hall–Kier alpha value is -2.37. The molecule has 0 aliphatic rings. The van der Waals surface area contributed by atoms with E-state index in [1.165, 1.54) is 0 Å². The molecule has 2 amide bonds. The number of carbonyl (C=O) groups is 3. The number of amides is 2. The molecular formula is C18H26N2O4. The molecule has 0 aliphatic heterocycles. The minimum absolute atomic E-state index is 0.0583. The molecule has 132 valence electrons. The molecule has 6 heteroatoms. The molecule has 1 aromatic carbocycles. The Bertz CT molecular complexity index is 574. The maximum Gasteiger partial charge on any atom is 0.407 e. The number of hydrogen-bond donors (Lipinski definition) is 2. The van der Waals surface area contributed by atoms with Crippen LogP contribution >= 0.6 is 0 Å². The molecule has 0 aromatic heterocycles. The van der Waals surface area contributed by atoms with Gasteiger partial charge < -0.3 is 15.4 Å². The minimum atomic E-state index is -0.552. The van der Waals surface area contributed by atoms with E-state index < -0.39 is 11.7 Å².